The van der Waals surface area contributed by atoms with Crippen molar-refractivity contribution in [2.24, 2.45) is 0 Å². The van der Waals surface area contributed by atoms with E-state index in [1.165, 1.54) is 12.1 Å². The van der Waals surface area contributed by atoms with Crippen molar-refractivity contribution in [3.63, 3.8) is 0 Å². The van der Waals surface area contributed by atoms with Gasteiger partial charge >= 0.3 is 5.97 Å². The summed E-state index contributed by atoms with van der Waals surface area (Å²) in [6.45, 7) is 3.29. The summed E-state index contributed by atoms with van der Waals surface area (Å²) >= 11 is 12.6. The summed E-state index contributed by atoms with van der Waals surface area (Å²) in [6, 6.07) is 8.35. The zero-order chi connectivity index (χ0) is 19.4. The molecule has 136 valence electrons. The average molecular weight is 394 g/mol. The van der Waals surface area contributed by atoms with E-state index in [0.717, 1.165) is 0 Å². The van der Waals surface area contributed by atoms with Gasteiger partial charge in [-0.2, -0.15) is 5.26 Å². The number of aromatic hydroxyl groups is 1. The fourth-order valence-electron chi connectivity index (χ4n) is 2.68. The second-order valence-corrected chi connectivity index (χ2v) is 6.84. The molecule has 0 saturated carbocycles. The van der Waals surface area contributed by atoms with Gasteiger partial charge in [0, 0.05) is 22.0 Å². The van der Waals surface area contributed by atoms with E-state index in [-0.39, 0.29) is 17.4 Å². The van der Waals surface area contributed by atoms with Crippen LogP contribution in [0.5, 0.6) is 11.5 Å². The van der Waals surface area contributed by atoms with E-state index in [9.17, 15) is 15.2 Å². The molecule has 0 bridgehead atoms. The van der Waals surface area contributed by atoms with Gasteiger partial charge in [0.1, 0.15) is 11.5 Å². The summed E-state index contributed by atoms with van der Waals surface area (Å²) in [5, 5.41) is 28.9. The number of phenolic OH excluding ortho intramolecular Hbond substituents is 1. The van der Waals surface area contributed by atoms with Crippen molar-refractivity contribution in [2.75, 3.05) is 6.61 Å². The van der Waals surface area contributed by atoms with Gasteiger partial charge in [-0.05, 0) is 35.2 Å². The van der Waals surface area contributed by atoms with E-state index in [1.807, 2.05) is 13.8 Å². The van der Waals surface area contributed by atoms with Crippen LogP contribution in [0.15, 0.2) is 24.3 Å². The number of carboxylic acid groups (broad SMARTS) is 1. The maximum Gasteiger partial charge on any atom is 0.341 e. The number of ether oxygens (including phenoxy) is 1. The van der Waals surface area contributed by atoms with E-state index in [2.05, 4.69) is 6.07 Å². The minimum absolute atomic E-state index is 0.0256. The number of carbonyl (C=O) groups is 1. The fraction of sp³-hybridized carbons (Fsp3) is 0.263. The van der Waals surface area contributed by atoms with E-state index in [0.29, 0.717) is 38.7 Å². The van der Waals surface area contributed by atoms with Gasteiger partial charge in [-0.25, -0.2) is 4.79 Å². The van der Waals surface area contributed by atoms with Crippen LogP contribution in [-0.4, -0.2) is 22.8 Å². The van der Waals surface area contributed by atoms with Crippen LogP contribution in [-0.2, 0) is 11.2 Å². The quantitative estimate of drug-likeness (QED) is 0.738. The second-order valence-electron chi connectivity index (χ2n) is 6.02. The first-order valence-electron chi connectivity index (χ1n) is 7.82. The Labute approximate surface area is 161 Å². The summed E-state index contributed by atoms with van der Waals surface area (Å²) < 4.78 is 5.09. The Kier molecular flexibility index (Phi) is 6.36. The number of benzene rings is 2. The van der Waals surface area contributed by atoms with Gasteiger partial charge in [-0.1, -0.05) is 43.1 Å². The molecule has 2 aromatic rings. The Bertz CT molecular complexity index is 865. The summed E-state index contributed by atoms with van der Waals surface area (Å²) in [7, 11) is 0. The molecule has 0 atom stereocenters. The molecule has 0 heterocycles. The molecule has 2 rings (SSSR count). The number of carboxylic acids is 1. The second kappa shape index (κ2) is 8.31. The monoisotopic (exact) mass is 393 g/mol. The van der Waals surface area contributed by atoms with E-state index < -0.39 is 12.6 Å². The number of hydrogen-bond acceptors (Lipinski definition) is 4. The van der Waals surface area contributed by atoms with E-state index >= 15 is 0 Å². The molecular formula is C19H17Cl2NO4. The van der Waals surface area contributed by atoms with Crippen molar-refractivity contribution in [3.05, 3.63) is 56.6 Å². The molecule has 0 spiro atoms. The molecule has 2 N–H and O–H groups in total. The number of aliphatic carboxylic acids is 1. The van der Waals surface area contributed by atoms with Crippen molar-refractivity contribution in [1.29, 1.82) is 5.26 Å². The first-order valence-corrected chi connectivity index (χ1v) is 8.57. The molecule has 0 aliphatic heterocycles. The number of halogens is 2. The molecule has 5 nitrogen and oxygen atoms in total. The van der Waals surface area contributed by atoms with Crippen LogP contribution in [0, 0.1) is 11.3 Å². The Hall–Kier alpha value is -2.42. The van der Waals surface area contributed by atoms with Crippen LogP contribution in [0.3, 0.4) is 0 Å². The van der Waals surface area contributed by atoms with Crippen LogP contribution < -0.4 is 4.74 Å². The zero-order valence-electron chi connectivity index (χ0n) is 14.2. The lowest BCUT2D eigenvalue weighted by molar-refractivity contribution is -0.139. The first kappa shape index (κ1) is 19.9. The highest BCUT2D eigenvalue weighted by Crippen LogP contribution is 2.36. The van der Waals surface area contributed by atoms with Gasteiger partial charge in [0.25, 0.3) is 0 Å². The van der Waals surface area contributed by atoms with E-state index in [1.54, 1.807) is 12.1 Å². The molecule has 0 unspecified atom stereocenters. The van der Waals surface area contributed by atoms with Crippen LogP contribution in [0.1, 0.15) is 42.0 Å². The predicted octanol–water partition coefficient (Wildman–Crippen LogP) is 4.75. The Morgan fingerprint density at radius 3 is 2.38 bits per heavy atom. The Morgan fingerprint density at radius 1 is 1.27 bits per heavy atom. The third kappa shape index (κ3) is 4.40. The molecule has 0 aromatic heterocycles. The van der Waals surface area contributed by atoms with Crippen LogP contribution in [0.2, 0.25) is 10.0 Å². The third-order valence-electron chi connectivity index (χ3n) is 3.84. The fourth-order valence-corrected chi connectivity index (χ4v) is 3.29. The summed E-state index contributed by atoms with van der Waals surface area (Å²) in [6.07, 6.45) is 0.291. The van der Waals surface area contributed by atoms with Gasteiger partial charge in [0.15, 0.2) is 6.61 Å². The standard InChI is InChI=1S/C19H17Cl2NO4/c1-10(2)19-14(8-22)11(3-4-17(19)23)5-13-15(20)6-12(7-16(13)21)26-9-18(24)25/h3-4,6-7,10,23H,5,9H2,1-2H3,(H,24,25). The minimum Gasteiger partial charge on any atom is -0.508 e. The maximum absolute atomic E-state index is 10.6. The first-order chi connectivity index (χ1) is 12.2. The van der Waals surface area contributed by atoms with Crippen molar-refractivity contribution in [3.8, 4) is 17.6 Å². The number of hydrogen-bond donors (Lipinski definition) is 2. The van der Waals surface area contributed by atoms with Gasteiger partial charge in [-0.3, -0.25) is 0 Å². The van der Waals surface area contributed by atoms with Gasteiger partial charge in [-0.15, -0.1) is 0 Å². The molecule has 7 heteroatoms. The lowest BCUT2D eigenvalue weighted by Crippen LogP contribution is -2.09. The lowest BCUT2D eigenvalue weighted by atomic mass is 9.90. The van der Waals surface area contributed by atoms with Gasteiger partial charge < -0.3 is 14.9 Å². The van der Waals surface area contributed by atoms with Crippen LogP contribution in [0.4, 0.5) is 0 Å². The predicted molar refractivity (Wildman–Crippen MR) is 99.3 cm³/mol. The molecule has 0 aliphatic carbocycles. The topological polar surface area (TPSA) is 90.6 Å². The maximum atomic E-state index is 10.6. The van der Waals surface area contributed by atoms with E-state index in [4.69, 9.17) is 33.0 Å². The molecule has 26 heavy (non-hydrogen) atoms. The Balaban J connectivity index is 2.42. The SMILES string of the molecule is CC(C)c1c(O)ccc(Cc2c(Cl)cc(OCC(=O)O)cc2Cl)c1C#N. The van der Waals surface area contributed by atoms with Gasteiger partial charge in [0.05, 0.1) is 11.6 Å². The zero-order valence-corrected chi connectivity index (χ0v) is 15.7. The summed E-state index contributed by atoms with van der Waals surface area (Å²) in [5.74, 6) is -0.803. The molecule has 2 aromatic carbocycles. The van der Waals surface area contributed by atoms with Crippen LogP contribution in [0.25, 0.3) is 0 Å². The Morgan fingerprint density at radius 2 is 1.88 bits per heavy atom. The third-order valence-corrected chi connectivity index (χ3v) is 4.52. The number of rotatable bonds is 6. The molecule has 0 aliphatic rings. The number of phenols is 1. The summed E-state index contributed by atoms with van der Waals surface area (Å²) in [5.41, 5.74) is 2.27. The molecular weight excluding hydrogens is 377 g/mol. The van der Waals surface area contributed by atoms with Gasteiger partial charge in [0.2, 0.25) is 0 Å². The molecule has 0 radical (unpaired) electrons. The highest BCUT2D eigenvalue weighted by Gasteiger charge is 2.18. The highest BCUT2D eigenvalue weighted by atomic mass is 35.5. The molecule has 0 fully saturated rings. The van der Waals surface area contributed by atoms with Crippen LogP contribution >= 0.6 is 23.2 Å². The average Bonchev–Trinajstić information content (AvgIpc) is 2.56. The summed E-state index contributed by atoms with van der Waals surface area (Å²) in [4.78, 5) is 10.6. The lowest BCUT2D eigenvalue weighted by Gasteiger charge is -2.16. The van der Waals surface area contributed by atoms with Crippen molar-refractivity contribution in [2.45, 2.75) is 26.2 Å². The van der Waals surface area contributed by atoms with Crippen molar-refractivity contribution < 1.29 is 19.7 Å². The number of nitrogens with zero attached hydrogens (tertiary/aromatic N) is 1. The minimum atomic E-state index is -1.11. The normalized spacial score (nSPS) is 10.6. The van der Waals surface area contributed by atoms with Crippen molar-refractivity contribution >= 4 is 29.2 Å². The smallest absolute Gasteiger partial charge is 0.341 e. The number of nitriles is 1. The molecule has 0 saturated heterocycles. The molecule has 0 amide bonds. The van der Waals surface area contributed by atoms with Crippen molar-refractivity contribution in [1.82, 2.24) is 0 Å². The highest BCUT2D eigenvalue weighted by molar-refractivity contribution is 6.36. The largest absolute Gasteiger partial charge is 0.508 e.